The third-order valence-electron chi connectivity index (χ3n) is 21.7. The van der Waals surface area contributed by atoms with Gasteiger partial charge in [0.25, 0.3) is 0 Å². The molecule has 4 aromatic rings. The van der Waals surface area contributed by atoms with Crippen LogP contribution in [0.15, 0.2) is 79.6 Å². The molecule has 2 aromatic carbocycles. The van der Waals surface area contributed by atoms with Gasteiger partial charge in [0.2, 0.25) is 82.7 Å². The number of rotatable bonds is 63. The summed E-state index contributed by atoms with van der Waals surface area (Å²) in [5.74, 6) is -17.7. The van der Waals surface area contributed by atoms with Crippen molar-refractivity contribution in [3.05, 3.63) is 102 Å². The van der Waals surface area contributed by atoms with Crippen LogP contribution in [0.25, 0.3) is 0 Å². The number of carboxylic acid groups (broad SMARTS) is 2. The number of guanidine groups is 3. The number of imidazole rings is 2. The molecule has 0 unspecified atom stereocenters. The summed E-state index contributed by atoms with van der Waals surface area (Å²) in [7, 11) is 0. The van der Waals surface area contributed by atoms with Gasteiger partial charge in [-0.3, -0.25) is 88.1 Å². The number of unbranched alkanes of at least 4 members (excludes halogenated alkanes) is 3. The predicted molar refractivity (Wildman–Crippen MR) is 492 cm³/mol. The van der Waals surface area contributed by atoms with Gasteiger partial charge in [0.05, 0.1) is 43.0 Å². The van der Waals surface area contributed by atoms with Gasteiger partial charge in [-0.1, -0.05) is 56.3 Å². The molecule has 38 N–H and O–H groups in total. The van der Waals surface area contributed by atoms with Crippen molar-refractivity contribution < 1.29 is 92.0 Å². The summed E-state index contributed by atoms with van der Waals surface area (Å²) in [6, 6.07) is -6.38. The molecule has 50 nitrogen and oxygen atoms in total. The lowest BCUT2D eigenvalue weighted by Gasteiger charge is -2.31. The number of amides is 14. The van der Waals surface area contributed by atoms with Crippen LogP contribution in [0.3, 0.4) is 0 Å². The molecule has 0 radical (unpaired) electrons. The number of benzene rings is 2. The normalized spacial score (nSPS) is 15.1. The first-order valence-corrected chi connectivity index (χ1v) is 44.8. The number of nitrogens with zero attached hydrogens (tertiary/aromatic N) is 3. The highest BCUT2D eigenvalue weighted by molar-refractivity contribution is 6.01. The molecule has 50 heteroatoms. The van der Waals surface area contributed by atoms with Gasteiger partial charge in [0.1, 0.15) is 84.3 Å². The zero-order valence-corrected chi connectivity index (χ0v) is 76.1. The maximum atomic E-state index is 15.3. The molecule has 1 aliphatic rings. The molecule has 2 aromatic heterocycles. The Morgan fingerprint density at radius 2 is 0.807 bits per heavy atom. The van der Waals surface area contributed by atoms with Gasteiger partial charge in [0, 0.05) is 64.3 Å². The van der Waals surface area contributed by atoms with Crippen LogP contribution < -0.4 is 125 Å². The second-order valence-corrected chi connectivity index (χ2v) is 33.0. The summed E-state index contributed by atoms with van der Waals surface area (Å²) in [6.45, 7) is 4.43. The second-order valence-electron chi connectivity index (χ2n) is 33.0. The molecule has 14 amide bonds. The van der Waals surface area contributed by atoms with Gasteiger partial charge in [-0.25, -0.2) is 14.8 Å². The van der Waals surface area contributed by atoms with Gasteiger partial charge < -0.3 is 155 Å². The van der Waals surface area contributed by atoms with Crippen LogP contribution in [0.2, 0.25) is 0 Å². The van der Waals surface area contributed by atoms with Gasteiger partial charge in [-0.05, 0) is 165 Å². The Hall–Kier alpha value is -14.2. The van der Waals surface area contributed by atoms with Crippen LogP contribution in [0, 0.1) is 22.1 Å². The summed E-state index contributed by atoms with van der Waals surface area (Å²) in [5.41, 5.74) is 41.6. The van der Waals surface area contributed by atoms with Gasteiger partial charge in [-0.15, -0.1) is 0 Å². The van der Waals surface area contributed by atoms with Crippen molar-refractivity contribution in [1.82, 2.24) is 110 Å². The quantitative estimate of drug-likeness (QED) is 0.0111. The van der Waals surface area contributed by atoms with Crippen molar-refractivity contribution in [2.75, 3.05) is 52.4 Å². The number of hydrogen-bond donors (Lipinski definition) is 31. The molecule has 0 aliphatic carbocycles. The minimum atomic E-state index is -1.97. The summed E-state index contributed by atoms with van der Waals surface area (Å²) in [4.78, 5) is 242. The lowest BCUT2D eigenvalue weighted by atomic mass is 10.0. The van der Waals surface area contributed by atoms with Crippen LogP contribution in [0.4, 0.5) is 0 Å². The van der Waals surface area contributed by atoms with E-state index >= 15 is 24.0 Å². The summed E-state index contributed by atoms with van der Waals surface area (Å²) in [6.07, 6.45) is 4.68. The smallest absolute Gasteiger partial charge is 0.326 e. The number of aromatic amines is 2. The van der Waals surface area contributed by atoms with Crippen molar-refractivity contribution in [3.8, 4) is 5.75 Å². The Kier molecular flexibility index (Phi) is 49.0. The fourth-order valence-electron chi connectivity index (χ4n) is 14.3. The van der Waals surface area contributed by atoms with E-state index in [2.05, 4.69) is 105 Å². The molecule has 0 spiro atoms. The molecule has 135 heavy (non-hydrogen) atoms. The van der Waals surface area contributed by atoms with Crippen molar-refractivity contribution in [3.63, 3.8) is 0 Å². The van der Waals surface area contributed by atoms with E-state index in [1.807, 2.05) is 0 Å². The molecular formula is C85H135N31O19. The number of phenols is 1. The fourth-order valence-corrected chi connectivity index (χ4v) is 14.3. The Balaban J connectivity index is 1.42. The average molecular weight is 1900 g/mol. The maximum Gasteiger partial charge on any atom is 0.326 e. The van der Waals surface area contributed by atoms with Crippen LogP contribution >= 0.6 is 0 Å². The molecule has 0 saturated carbocycles. The number of phenolic OH excluding ortho intramolecular Hbond substituents is 1. The number of aliphatic carboxylic acids is 2. The van der Waals surface area contributed by atoms with Gasteiger partial charge in [0.15, 0.2) is 17.9 Å². The number of carbonyl (C=O) groups excluding carboxylic acids is 14. The number of carbonyl (C=O) groups is 16. The number of hydrogen-bond acceptors (Lipinski definition) is 26. The largest absolute Gasteiger partial charge is 0.508 e. The predicted octanol–water partition coefficient (Wildman–Crippen LogP) is -7.23. The highest BCUT2D eigenvalue weighted by Crippen LogP contribution is 2.22. The number of aromatic hydroxyl groups is 1. The highest BCUT2D eigenvalue weighted by Gasteiger charge is 2.42. The summed E-state index contributed by atoms with van der Waals surface area (Å²) < 4.78 is 0. The number of H-pyrrole nitrogens is 2. The summed E-state index contributed by atoms with van der Waals surface area (Å²) >= 11 is 0. The first kappa shape index (κ1) is 111. The van der Waals surface area contributed by atoms with Gasteiger partial charge in [-0.2, -0.15) is 0 Å². The molecule has 3 heterocycles. The number of carboxylic acids is 2. The van der Waals surface area contributed by atoms with E-state index in [9.17, 15) is 68.1 Å². The molecule has 744 valence electrons. The molecule has 1 fully saturated rings. The average Bonchev–Trinajstić information content (AvgIpc) is 1.77. The van der Waals surface area contributed by atoms with E-state index in [1.54, 1.807) is 44.2 Å². The van der Waals surface area contributed by atoms with Crippen LogP contribution in [0.1, 0.15) is 159 Å². The lowest BCUT2D eigenvalue weighted by molar-refractivity contribution is -0.142. The zero-order valence-electron chi connectivity index (χ0n) is 76.1. The number of likely N-dealkylation sites (tertiary alicyclic amines) is 1. The molecular weight excluding hydrogens is 1760 g/mol. The second kappa shape index (κ2) is 59.4. The molecule has 1 saturated heterocycles. The minimum absolute atomic E-state index is 0.00142. The van der Waals surface area contributed by atoms with Crippen molar-refractivity contribution in [2.45, 2.75) is 247 Å². The Bertz CT molecular complexity index is 4550. The van der Waals surface area contributed by atoms with E-state index < -0.39 is 216 Å². The van der Waals surface area contributed by atoms with Crippen molar-refractivity contribution in [1.29, 1.82) is 16.2 Å². The van der Waals surface area contributed by atoms with E-state index in [0.717, 1.165) is 0 Å². The molecule has 14 atom stereocenters. The first-order valence-electron chi connectivity index (χ1n) is 44.8. The van der Waals surface area contributed by atoms with E-state index in [-0.39, 0.29) is 172 Å². The number of nitrogens with one attached hydrogen (secondary N) is 21. The standard InChI is InChI=1S/C85H135N31O19/c1-47(2)68(89)80(132)104-48(3)69(121)106-55(19-7-10-30-86)72(124)108-57(21-9-12-32-88)76(128)114-63(37-49-17-5-4-6-18-49)81(133)116-36-16-25-65(116)79(131)113-61(40-52-43-97-46-103-52)78(130)110-59(24-15-35-100-85(94)95)75(127)111-60(39-51-42-96-45-102-51)77(129)109-58(23-14-34-99-84(92)93)73(125)107-56(20-8-11-31-87)74(126)112-62(41-67(119)120)70(122)101-44-66(118)105-54(22-13-33-98-83(90)91)71(123)115-64(82(134)135)38-50-26-28-53(117)29-27-50/h4-6,17-18,26-29,42-43,45-48,54-65,68,117H,7-16,19-25,30-41,44,86-89H2,1-3H3,(H,96,102)(H,97,103)(H,101,122)(H,104,132)(H,105,118)(H,106,121)(H,107,125)(H,108,124)(H,109,129)(H,110,130)(H,111,127)(H,112,126)(H,113,131)(H,114,128)(H,115,123)(H,119,120)(H,134,135)(H4,90,91,98)(H4,92,93,99)(H4,94,95,100)/t48-,54-,55-,56-,57-,58-,59-,60-,61-,62-,63-,64-,65-,68-/m0/s1. The third-order valence-corrected chi connectivity index (χ3v) is 21.7. The third kappa shape index (κ3) is 41.2. The van der Waals surface area contributed by atoms with Crippen LogP contribution in [-0.4, -0.2) is 290 Å². The lowest BCUT2D eigenvalue weighted by Crippen LogP contribution is -2.61. The Labute approximate surface area is 780 Å². The van der Waals surface area contributed by atoms with Crippen LogP contribution in [0.5, 0.6) is 5.75 Å². The zero-order chi connectivity index (χ0) is 99.6. The minimum Gasteiger partial charge on any atom is -0.508 e. The van der Waals surface area contributed by atoms with E-state index in [4.69, 9.17) is 56.4 Å². The molecule has 0 bridgehead atoms. The topological polar surface area (TPSA) is 841 Å². The van der Waals surface area contributed by atoms with Gasteiger partial charge >= 0.3 is 11.9 Å². The van der Waals surface area contributed by atoms with E-state index in [1.165, 1.54) is 61.1 Å². The number of aromatic nitrogens is 4. The monoisotopic (exact) mass is 1890 g/mol. The maximum absolute atomic E-state index is 15.3. The molecule has 5 rings (SSSR count). The Morgan fingerprint density at radius 1 is 0.430 bits per heavy atom. The molecule has 1 aliphatic heterocycles. The fraction of sp³-hybridized carbons (Fsp3) is 0.565. The number of nitrogens with two attached hydrogens (primary N) is 7. The van der Waals surface area contributed by atoms with Crippen LogP contribution in [-0.2, 0) is 102 Å². The SMILES string of the molecule is CC(C)[C@H](N)C(=O)N[C@@H](C)C(=O)N[C@@H](CCCCN)C(=O)N[C@@H](CCCCN)C(=O)N[C@@H](Cc1ccccc1)C(=O)N1CCC[C@H]1C(=O)N[C@@H](Cc1c[nH]cn1)C(=O)N[C@@H](CCCNC(=N)N)C(=O)N[C@@H](Cc1c[nH]cn1)C(=O)N[C@@H](CCCNC(=N)N)C(=O)N[C@@H](CCCCN)C(=O)N[C@@H](CC(=O)O)C(=O)NCC(=O)N[C@@H](CCCNC(=N)N)C(=O)N[C@@H](Cc1ccc(O)cc1)C(=O)O. The van der Waals surface area contributed by atoms with Crippen molar-refractivity contribution >= 4 is 113 Å². The Morgan fingerprint density at radius 3 is 1.21 bits per heavy atom. The highest BCUT2D eigenvalue weighted by atomic mass is 16.4. The van der Waals surface area contributed by atoms with Crippen molar-refractivity contribution in [2.24, 2.45) is 46.1 Å². The first-order chi connectivity index (χ1) is 64.3. The summed E-state index contributed by atoms with van der Waals surface area (Å²) in [5, 5.41) is 94.1. The van der Waals surface area contributed by atoms with E-state index in [0.29, 0.717) is 36.8 Å².